The van der Waals surface area contributed by atoms with Crippen LogP contribution in [-0.4, -0.2) is 35.9 Å². The van der Waals surface area contributed by atoms with Gasteiger partial charge in [0.2, 0.25) is 0 Å². The van der Waals surface area contributed by atoms with Crippen LogP contribution in [0.5, 0.6) is 0 Å². The summed E-state index contributed by atoms with van der Waals surface area (Å²) in [6.07, 6.45) is 5.61. The number of hydrogen-bond donors (Lipinski definition) is 2. The Labute approximate surface area is 165 Å². The molecule has 0 radical (unpaired) electrons. The molecule has 2 N–H and O–H groups in total. The minimum Gasteiger partial charge on any atom is -0.356 e. The van der Waals surface area contributed by atoms with Crippen LogP contribution in [0.1, 0.15) is 16.7 Å². The van der Waals surface area contributed by atoms with Crippen molar-refractivity contribution in [3.63, 3.8) is 0 Å². The molecule has 0 amide bonds. The summed E-state index contributed by atoms with van der Waals surface area (Å²) in [6.45, 7) is 3.43. The molecule has 5 nitrogen and oxygen atoms in total. The zero-order chi connectivity index (χ0) is 19.8. The van der Waals surface area contributed by atoms with Gasteiger partial charge in [-0.3, -0.25) is 4.99 Å². The van der Waals surface area contributed by atoms with Crippen LogP contribution in [0.4, 0.5) is 4.39 Å². The number of aromatic nitrogens is 2. The van der Waals surface area contributed by atoms with Crippen molar-refractivity contribution in [3.8, 4) is 5.69 Å². The molecule has 1 heterocycles. The molecule has 3 aromatic rings. The zero-order valence-corrected chi connectivity index (χ0v) is 16.3. The van der Waals surface area contributed by atoms with Gasteiger partial charge < -0.3 is 10.6 Å². The summed E-state index contributed by atoms with van der Waals surface area (Å²) in [5.41, 5.74) is 4.32. The van der Waals surface area contributed by atoms with E-state index in [0.717, 1.165) is 54.3 Å². The highest BCUT2D eigenvalue weighted by Gasteiger charge is 2.03. The number of nitrogens with zero attached hydrogens (tertiary/aromatic N) is 3. The lowest BCUT2D eigenvalue weighted by Gasteiger charge is -2.12. The Bertz CT molecular complexity index is 918. The molecule has 0 fully saturated rings. The van der Waals surface area contributed by atoms with Crippen molar-refractivity contribution in [2.24, 2.45) is 4.99 Å². The van der Waals surface area contributed by atoms with Crippen LogP contribution >= 0.6 is 0 Å². The normalized spacial score (nSPS) is 11.5. The number of rotatable bonds is 7. The van der Waals surface area contributed by atoms with Gasteiger partial charge in [0.15, 0.2) is 5.96 Å². The molecule has 2 aromatic carbocycles. The molecule has 146 valence electrons. The van der Waals surface area contributed by atoms with Crippen LogP contribution in [-0.2, 0) is 12.8 Å². The Morgan fingerprint density at radius 3 is 2.54 bits per heavy atom. The van der Waals surface area contributed by atoms with Crippen molar-refractivity contribution in [1.82, 2.24) is 20.4 Å². The first kappa shape index (κ1) is 19.6. The van der Waals surface area contributed by atoms with Crippen LogP contribution in [0, 0.1) is 12.7 Å². The van der Waals surface area contributed by atoms with Gasteiger partial charge in [0, 0.05) is 26.3 Å². The summed E-state index contributed by atoms with van der Waals surface area (Å²) < 4.78 is 15.1. The topological polar surface area (TPSA) is 54.2 Å². The molecule has 0 saturated carbocycles. The van der Waals surface area contributed by atoms with Gasteiger partial charge in [0.25, 0.3) is 0 Å². The van der Waals surface area contributed by atoms with Crippen molar-refractivity contribution in [1.29, 1.82) is 0 Å². The fraction of sp³-hybridized carbons (Fsp3) is 0.273. The van der Waals surface area contributed by atoms with Crippen LogP contribution in [0.2, 0.25) is 0 Å². The number of para-hydroxylation sites is 1. The minimum absolute atomic E-state index is 0.192. The molecule has 0 bridgehead atoms. The molecule has 0 aliphatic carbocycles. The smallest absolute Gasteiger partial charge is 0.190 e. The number of aryl methyl sites for hydroxylation is 1. The van der Waals surface area contributed by atoms with Crippen LogP contribution < -0.4 is 10.6 Å². The Kier molecular flexibility index (Phi) is 6.78. The third kappa shape index (κ3) is 5.42. The maximum Gasteiger partial charge on any atom is 0.190 e. The first-order chi connectivity index (χ1) is 13.7. The van der Waals surface area contributed by atoms with Gasteiger partial charge in [-0.2, -0.15) is 5.10 Å². The fourth-order valence-corrected chi connectivity index (χ4v) is 3.01. The zero-order valence-electron chi connectivity index (χ0n) is 16.3. The molecule has 3 rings (SSSR count). The predicted octanol–water partition coefficient (Wildman–Crippen LogP) is 3.27. The van der Waals surface area contributed by atoms with E-state index in [0.29, 0.717) is 0 Å². The minimum atomic E-state index is -0.192. The van der Waals surface area contributed by atoms with Gasteiger partial charge in [0.1, 0.15) is 5.82 Å². The van der Waals surface area contributed by atoms with E-state index in [9.17, 15) is 4.39 Å². The van der Waals surface area contributed by atoms with Gasteiger partial charge in [0.05, 0.1) is 11.9 Å². The summed E-state index contributed by atoms with van der Waals surface area (Å²) in [4.78, 5) is 4.25. The van der Waals surface area contributed by atoms with E-state index in [1.165, 1.54) is 6.07 Å². The van der Waals surface area contributed by atoms with E-state index in [2.05, 4.69) is 20.7 Å². The van der Waals surface area contributed by atoms with Gasteiger partial charge in [-0.15, -0.1) is 0 Å². The standard InChI is InChI=1S/C22H26FN5/c1-17-14-20(23)9-8-19(17)11-13-26-22(24-2)25-12-10-18-15-27-28(16-18)21-6-4-3-5-7-21/h3-9,14-16H,10-13H2,1-2H3,(H2,24,25,26). The molecular formula is C22H26FN5. The Morgan fingerprint density at radius 2 is 1.82 bits per heavy atom. The first-order valence-electron chi connectivity index (χ1n) is 9.44. The number of benzene rings is 2. The van der Waals surface area contributed by atoms with E-state index in [1.807, 2.05) is 60.4 Å². The van der Waals surface area contributed by atoms with Crippen LogP contribution in [0.3, 0.4) is 0 Å². The van der Waals surface area contributed by atoms with E-state index in [1.54, 1.807) is 13.1 Å². The summed E-state index contributed by atoms with van der Waals surface area (Å²) in [7, 11) is 1.76. The quantitative estimate of drug-likeness (QED) is 0.489. The lowest BCUT2D eigenvalue weighted by molar-refractivity contribution is 0.625. The van der Waals surface area contributed by atoms with Gasteiger partial charge >= 0.3 is 0 Å². The molecule has 6 heteroatoms. The molecule has 0 aliphatic heterocycles. The average molecular weight is 379 g/mol. The summed E-state index contributed by atoms with van der Waals surface area (Å²) >= 11 is 0. The van der Waals surface area contributed by atoms with Crippen LogP contribution in [0.25, 0.3) is 5.69 Å². The fourth-order valence-electron chi connectivity index (χ4n) is 3.01. The van der Waals surface area contributed by atoms with Crippen molar-refractivity contribution in [2.45, 2.75) is 19.8 Å². The third-order valence-corrected chi connectivity index (χ3v) is 4.58. The number of halogens is 1. The summed E-state index contributed by atoms with van der Waals surface area (Å²) in [6, 6.07) is 15.0. The molecule has 0 unspecified atom stereocenters. The first-order valence-corrected chi connectivity index (χ1v) is 9.44. The number of guanidine groups is 1. The SMILES string of the molecule is CN=C(NCCc1cnn(-c2ccccc2)c1)NCCc1ccc(F)cc1C. The molecule has 0 atom stereocenters. The van der Waals surface area contributed by atoms with E-state index < -0.39 is 0 Å². The maximum atomic E-state index is 13.2. The monoisotopic (exact) mass is 379 g/mol. The van der Waals surface area contributed by atoms with Crippen molar-refractivity contribution in [3.05, 3.63) is 83.4 Å². The summed E-state index contributed by atoms with van der Waals surface area (Å²) in [5, 5.41) is 11.0. The third-order valence-electron chi connectivity index (χ3n) is 4.58. The number of hydrogen-bond acceptors (Lipinski definition) is 2. The predicted molar refractivity (Wildman–Crippen MR) is 111 cm³/mol. The van der Waals surface area contributed by atoms with Gasteiger partial charge in [-0.25, -0.2) is 9.07 Å². The van der Waals surface area contributed by atoms with Gasteiger partial charge in [-0.05, 0) is 60.7 Å². The second kappa shape index (κ2) is 9.69. The van der Waals surface area contributed by atoms with Crippen LogP contribution in [0.15, 0.2) is 65.9 Å². The molecule has 1 aromatic heterocycles. The Morgan fingerprint density at radius 1 is 1.07 bits per heavy atom. The van der Waals surface area contributed by atoms with E-state index in [4.69, 9.17) is 0 Å². The maximum absolute atomic E-state index is 13.2. The second-order valence-corrected chi connectivity index (χ2v) is 6.63. The second-order valence-electron chi connectivity index (χ2n) is 6.63. The Hall–Kier alpha value is -3.15. The lowest BCUT2D eigenvalue weighted by atomic mass is 10.1. The van der Waals surface area contributed by atoms with E-state index in [-0.39, 0.29) is 5.82 Å². The Balaban J connectivity index is 1.43. The number of nitrogens with one attached hydrogen (secondary N) is 2. The largest absolute Gasteiger partial charge is 0.356 e. The highest BCUT2D eigenvalue weighted by atomic mass is 19.1. The number of aliphatic imine (C=N–C) groups is 1. The van der Waals surface area contributed by atoms with Crippen molar-refractivity contribution >= 4 is 5.96 Å². The average Bonchev–Trinajstić information content (AvgIpc) is 3.18. The lowest BCUT2D eigenvalue weighted by Crippen LogP contribution is -2.39. The van der Waals surface area contributed by atoms with Crippen molar-refractivity contribution in [2.75, 3.05) is 20.1 Å². The van der Waals surface area contributed by atoms with E-state index >= 15 is 0 Å². The molecule has 28 heavy (non-hydrogen) atoms. The molecule has 0 aliphatic rings. The molecular weight excluding hydrogens is 353 g/mol. The molecule has 0 spiro atoms. The highest BCUT2D eigenvalue weighted by Crippen LogP contribution is 2.10. The van der Waals surface area contributed by atoms with Gasteiger partial charge in [-0.1, -0.05) is 24.3 Å². The highest BCUT2D eigenvalue weighted by molar-refractivity contribution is 5.79. The summed E-state index contributed by atoms with van der Waals surface area (Å²) in [5.74, 6) is 0.567. The molecule has 0 saturated heterocycles. The van der Waals surface area contributed by atoms with Crippen molar-refractivity contribution < 1.29 is 4.39 Å².